The summed E-state index contributed by atoms with van der Waals surface area (Å²) in [6.07, 6.45) is 7.76. The maximum Gasteiger partial charge on any atom is 0.230 e. The monoisotopic (exact) mass is 355 g/mol. The third kappa shape index (κ3) is 3.69. The van der Waals surface area contributed by atoms with Crippen molar-refractivity contribution in [3.8, 4) is 0 Å². The Hall–Kier alpha value is -2.32. The SMILES string of the molecule is Cc1ncc(Nc2nc(N[C@H]3CC[C@H](N)CC3)c3ncccc3n2)s1. The molecule has 3 aromatic heterocycles. The number of rotatable bonds is 4. The molecule has 8 heteroatoms. The molecule has 1 aliphatic carbocycles. The van der Waals surface area contributed by atoms with Gasteiger partial charge in [0, 0.05) is 18.3 Å². The van der Waals surface area contributed by atoms with Gasteiger partial charge in [-0.1, -0.05) is 0 Å². The van der Waals surface area contributed by atoms with Crippen LogP contribution >= 0.6 is 11.3 Å². The highest BCUT2D eigenvalue weighted by Crippen LogP contribution is 2.27. The molecule has 130 valence electrons. The first-order valence-electron chi connectivity index (χ1n) is 8.52. The van der Waals surface area contributed by atoms with Gasteiger partial charge in [0.15, 0.2) is 5.82 Å². The van der Waals surface area contributed by atoms with E-state index in [1.54, 1.807) is 23.7 Å². The van der Waals surface area contributed by atoms with E-state index in [0.29, 0.717) is 18.0 Å². The number of hydrogen-bond acceptors (Lipinski definition) is 8. The van der Waals surface area contributed by atoms with Crippen molar-refractivity contribution in [2.45, 2.75) is 44.7 Å². The molecule has 0 radical (unpaired) electrons. The number of nitrogens with one attached hydrogen (secondary N) is 2. The zero-order valence-electron chi connectivity index (χ0n) is 14.1. The second kappa shape index (κ2) is 6.89. The number of anilines is 3. The number of fused-ring (bicyclic) bond motifs is 1. The Balaban J connectivity index is 1.64. The van der Waals surface area contributed by atoms with Crippen molar-refractivity contribution in [2.24, 2.45) is 5.73 Å². The number of nitrogens with zero attached hydrogens (tertiary/aromatic N) is 4. The molecule has 1 saturated carbocycles. The van der Waals surface area contributed by atoms with Crippen molar-refractivity contribution in [1.29, 1.82) is 0 Å². The Labute approximate surface area is 150 Å². The van der Waals surface area contributed by atoms with E-state index in [1.807, 2.05) is 19.1 Å². The van der Waals surface area contributed by atoms with Gasteiger partial charge in [0.05, 0.1) is 16.7 Å². The Morgan fingerprint density at radius 1 is 1.16 bits per heavy atom. The smallest absolute Gasteiger partial charge is 0.230 e. The van der Waals surface area contributed by atoms with Gasteiger partial charge in [0.1, 0.15) is 10.5 Å². The van der Waals surface area contributed by atoms with Crippen LogP contribution in [-0.2, 0) is 0 Å². The standard InChI is InChI=1S/C17H21N7S/c1-10-20-9-14(25-10)23-17-22-13-3-2-8-19-15(13)16(24-17)21-12-6-4-11(18)5-7-12/h2-3,8-9,11-12H,4-7,18H2,1H3,(H2,21,22,23,24)/t11-,12-. The van der Waals surface area contributed by atoms with Gasteiger partial charge in [-0.2, -0.15) is 4.98 Å². The zero-order valence-corrected chi connectivity index (χ0v) is 14.9. The lowest BCUT2D eigenvalue weighted by Gasteiger charge is -2.27. The van der Waals surface area contributed by atoms with E-state index in [-0.39, 0.29) is 0 Å². The van der Waals surface area contributed by atoms with Crippen LogP contribution in [0.5, 0.6) is 0 Å². The molecule has 4 N–H and O–H groups in total. The molecule has 0 saturated heterocycles. The normalized spacial score (nSPS) is 20.6. The van der Waals surface area contributed by atoms with Crippen LogP contribution in [0.2, 0.25) is 0 Å². The predicted octanol–water partition coefficient (Wildman–Crippen LogP) is 3.22. The Kier molecular flexibility index (Phi) is 4.46. The van der Waals surface area contributed by atoms with Gasteiger partial charge in [0.2, 0.25) is 5.95 Å². The average Bonchev–Trinajstić information content (AvgIpc) is 3.02. The molecule has 3 aromatic rings. The average molecular weight is 355 g/mol. The summed E-state index contributed by atoms with van der Waals surface area (Å²) in [7, 11) is 0. The lowest BCUT2D eigenvalue weighted by Crippen LogP contribution is -2.33. The molecule has 0 amide bonds. The number of aryl methyl sites for hydroxylation is 1. The minimum absolute atomic E-state index is 0.324. The summed E-state index contributed by atoms with van der Waals surface area (Å²) in [6.45, 7) is 1.97. The van der Waals surface area contributed by atoms with Gasteiger partial charge in [0.25, 0.3) is 0 Å². The minimum atomic E-state index is 0.324. The zero-order chi connectivity index (χ0) is 17.2. The molecule has 7 nitrogen and oxygen atoms in total. The Bertz CT molecular complexity index is 870. The number of thiazole rings is 1. The topological polar surface area (TPSA) is 102 Å². The molecule has 25 heavy (non-hydrogen) atoms. The maximum atomic E-state index is 6.01. The van der Waals surface area contributed by atoms with Crippen molar-refractivity contribution in [2.75, 3.05) is 10.6 Å². The molecule has 1 aliphatic rings. The van der Waals surface area contributed by atoms with Crippen LogP contribution in [0.3, 0.4) is 0 Å². The maximum absolute atomic E-state index is 6.01. The third-order valence-electron chi connectivity index (χ3n) is 4.42. The summed E-state index contributed by atoms with van der Waals surface area (Å²) in [5.41, 5.74) is 7.62. The Morgan fingerprint density at radius 3 is 2.76 bits per heavy atom. The summed E-state index contributed by atoms with van der Waals surface area (Å²) in [5, 5.41) is 8.73. The fourth-order valence-electron chi connectivity index (χ4n) is 3.11. The molecule has 0 bridgehead atoms. The molecule has 3 heterocycles. The van der Waals surface area contributed by atoms with Crippen molar-refractivity contribution in [3.63, 3.8) is 0 Å². The molecule has 0 aromatic carbocycles. The van der Waals surface area contributed by atoms with Crippen LogP contribution in [0, 0.1) is 6.92 Å². The van der Waals surface area contributed by atoms with Crippen LogP contribution < -0.4 is 16.4 Å². The molecular weight excluding hydrogens is 334 g/mol. The van der Waals surface area contributed by atoms with Crippen LogP contribution in [0.25, 0.3) is 11.0 Å². The highest BCUT2D eigenvalue weighted by atomic mass is 32.1. The quantitative estimate of drug-likeness (QED) is 0.660. The lowest BCUT2D eigenvalue weighted by molar-refractivity contribution is 0.410. The van der Waals surface area contributed by atoms with E-state index in [2.05, 4.69) is 30.6 Å². The largest absolute Gasteiger partial charge is 0.365 e. The molecule has 1 fully saturated rings. The number of nitrogens with two attached hydrogens (primary N) is 1. The predicted molar refractivity (Wildman–Crippen MR) is 101 cm³/mol. The van der Waals surface area contributed by atoms with Gasteiger partial charge < -0.3 is 16.4 Å². The molecule has 0 spiro atoms. The molecule has 0 aliphatic heterocycles. The fraction of sp³-hybridized carbons (Fsp3) is 0.412. The van der Waals surface area contributed by atoms with E-state index in [4.69, 9.17) is 5.73 Å². The summed E-state index contributed by atoms with van der Waals surface area (Å²) < 4.78 is 0. The molecule has 4 rings (SSSR count). The molecule has 0 unspecified atom stereocenters. The minimum Gasteiger partial charge on any atom is -0.365 e. The van der Waals surface area contributed by atoms with Gasteiger partial charge in [-0.15, -0.1) is 11.3 Å². The van der Waals surface area contributed by atoms with Crippen LogP contribution in [0.1, 0.15) is 30.7 Å². The van der Waals surface area contributed by atoms with Gasteiger partial charge in [-0.25, -0.2) is 9.97 Å². The number of hydrogen-bond donors (Lipinski definition) is 3. The third-order valence-corrected chi connectivity index (χ3v) is 5.25. The first-order chi connectivity index (χ1) is 12.2. The lowest BCUT2D eigenvalue weighted by atomic mass is 9.92. The van der Waals surface area contributed by atoms with Gasteiger partial charge in [-0.3, -0.25) is 4.98 Å². The van der Waals surface area contributed by atoms with Crippen LogP contribution in [0.4, 0.5) is 16.8 Å². The van der Waals surface area contributed by atoms with E-state index in [0.717, 1.165) is 52.5 Å². The first-order valence-corrected chi connectivity index (χ1v) is 9.33. The second-order valence-corrected chi connectivity index (χ2v) is 7.63. The Morgan fingerprint density at radius 2 is 2.00 bits per heavy atom. The van der Waals surface area contributed by atoms with E-state index in [1.165, 1.54) is 0 Å². The van der Waals surface area contributed by atoms with Gasteiger partial charge in [-0.05, 0) is 44.7 Å². The highest BCUT2D eigenvalue weighted by Gasteiger charge is 2.20. The van der Waals surface area contributed by atoms with Crippen molar-refractivity contribution in [3.05, 3.63) is 29.5 Å². The van der Waals surface area contributed by atoms with Gasteiger partial charge >= 0.3 is 0 Å². The molecule has 0 atom stereocenters. The van der Waals surface area contributed by atoms with Crippen molar-refractivity contribution < 1.29 is 0 Å². The summed E-state index contributed by atoms with van der Waals surface area (Å²) in [4.78, 5) is 18.0. The summed E-state index contributed by atoms with van der Waals surface area (Å²) >= 11 is 1.58. The van der Waals surface area contributed by atoms with E-state index in [9.17, 15) is 0 Å². The molecular formula is C17H21N7S. The first kappa shape index (κ1) is 16.2. The van der Waals surface area contributed by atoms with Crippen LogP contribution in [0.15, 0.2) is 24.5 Å². The van der Waals surface area contributed by atoms with Crippen LogP contribution in [-0.4, -0.2) is 32.0 Å². The van der Waals surface area contributed by atoms with Crippen molar-refractivity contribution in [1.82, 2.24) is 19.9 Å². The number of pyridine rings is 1. The second-order valence-electron chi connectivity index (χ2n) is 6.39. The highest BCUT2D eigenvalue weighted by molar-refractivity contribution is 7.15. The fourth-order valence-corrected chi connectivity index (χ4v) is 3.78. The van der Waals surface area contributed by atoms with Crippen molar-refractivity contribution >= 4 is 39.1 Å². The number of aromatic nitrogens is 4. The summed E-state index contributed by atoms with van der Waals surface area (Å²) in [6, 6.07) is 4.54. The summed E-state index contributed by atoms with van der Waals surface area (Å²) in [5.74, 6) is 1.33. The van der Waals surface area contributed by atoms with E-state index < -0.39 is 0 Å². The van der Waals surface area contributed by atoms with E-state index >= 15 is 0 Å².